The lowest BCUT2D eigenvalue weighted by atomic mass is 9.45. The molecule has 144 valence electrons. The van der Waals surface area contributed by atoms with Crippen LogP contribution in [0.15, 0.2) is 0 Å². The van der Waals surface area contributed by atoms with E-state index in [0.717, 1.165) is 32.1 Å². The number of aliphatic hydroxyl groups excluding tert-OH is 3. The summed E-state index contributed by atoms with van der Waals surface area (Å²) >= 11 is 0. The first kappa shape index (κ1) is 19.1. The molecule has 2 saturated carbocycles. The number of esters is 1. The van der Waals surface area contributed by atoms with E-state index in [0.29, 0.717) is 18.3 Å². The van der Waals surface area contributed by atoms with Gasteiger partial charge >= 0.3 is 5.97 Å². The number of ether oxygens (including phenoxy) is 1. The van der Waals surface area contributed by atoms with Crippen molar-refractivity contribution < 1.29 is 24.9 Å². The largest absolute Gasteiger partial charge is 0.463 e. The Morgan fingerprint density at radius 1 is 1.16 bits per heavy atom. The van der Waals surface area contributed by atoms with Crippen molar-refractivity contribution in [1.29, 1.82) is 0 Å². The second-order valence-electron chi connectivity index (χ2n) is 9.32. The summed E-state index contributed by atoms with van der Waals surface area (Å²) in [6.07, 6.45) is 4.24. The molecule has 2 unspecified atom stereocenters. The monoisotopic (exact) mass is 354 g/mol. The Morgan fingerprint density at radius 2 is 1.88 bits per heavy atom. The molecule has 5 heteroatoms. The molecule has 0 spiro atoms. The van der Waals surface area contributed by atoms with Gasteiger partial charge in [0.25, 0.3) is 0 Å². The molecule has 1 saturated heterocycles. The van der Waals surface area contributed by atoms with Gasteiger partial charge in [-0.2, -0.15) is 0 Å². The van der Waals surface area contributed by atoms with E-state index in [1.165, 1.54) is 0 Å². The smallest absolute Gasteiger partial charge is 0.311 e. The molecule has 0 aromatic carbocycles. The topological polar surface area (TPSA) is 87.0 Å². The summed E-state index contributed by atoms with van der Waals surface area (Å²) in [4.78, 5) is 11.8. The molecular formula is C20H34O5. The van der Waals surface area contributed by atoms with E-state index in [2.05, 4.69) is 13.8 Å². The SMILES string of the molecule is CC1CC[C@@H]2[C@](C)(CO)[C@H](O)CC[C@@]2(C)[C@@H]1CCC1C(=O)OC[C@H]1O. The van der Waals surface area contributed by atoms with Crippen LogP contribution in [0.2, 0.25) is 0 Å². The maximum absolute atomic E-state index is 11.8. The maximum atomic E-state index is 11.8. The number of aliphatic hydroxyl groups is 3. The Morgan fingerprint density at radius 3 is 2.48 bits per heavy atom. The van der Waals surface area contributed by atoms with Crippen molar-refractivity contribution in [3.05, 3.63) is 0 Å². The average Bonchev–Trinajstić information content (AvgIpc) is 2.89. The molecule has 3 aliphatic rings. The van der Waals surface area contributed by atoms with Crippen LogP contribution < -0.4 is 0 Å². The summed E-state index contributed by atoms with van der Waals surface area (Å²) in [5.41, 5.74) is -0.390. The first-order valence-electron chi connectivity index (χ1n) is 9.87. The van der Waals surface area contributed by atoms with Crippen molar-refractivity contribution in [2.75, 3.05) is 13.2 Å². The van der Waals surface area contributed by atoms with E-state index < -0.39 is 23.5 Å². The number of rotatable bonds is 4. The molecule has 0 aromatic heterocycles. The third kappa shape index (κ3) is 3.02. The van der Waals surface area contributed by atoms with Crippen molar-refractivity contribution in [2.45, 2.75) is 71.5 Å². The summed E-state index contributed by atoms with van der Waals surface area (Å²) in [7, 11) is 0. The van der Waals surface area contributed by atoms with Gasteiger partial charge in [-0.3, -0.25) is 4.79 Å². The molecule has 0 radical (unpaired) electrons. The number of fused-ring (bicyclic) bond motifs is 1. The summed E-state index contributed by atoms with van der Waals surface area (Å²) in [6, 6.07) is 0. The lowest BCUT2D eigenvalue weighted by molar-refractivity contribution is -0.173. The van der Waals surface area contributed by atoms with Crippen LogP contribution in [0, 0.1) is 34.5 Å². The minimum Gasteiger partial charge on any atom is -0.463 e. The second-order valence-corrected chi connectivity index (χ2v) is 9.32. The van der Waals surface area contributed by atoms with Gasteiger partial charge in [-0.25, -0.2) is 0 Å². The Kier molecular flexibility index (Phi) is 5.22. The Bertz CT molecular complexity index is 508. The van der Waals surface area contributed by atoms with E-state index in [9.17, 15) is 20.1 Å². The molecule has 1 aliphatic heterocycles. The number of carbonyl (C=O) groups is 1. The summed E-state index contributed by atoms with van der Waals surface area (Å²) in [5.74, 6) is 0.612. The Labute approximate surface area is 150 Å². The van der Waals surface area contributed by atoms with Crippen LogP contribution in [0.5, 0.6) is 0 Å². The Hall–Kier alpha value is -0.650. The predicted molar refractivity (Wildman–Crippen MR) is 93.6 cm³/mol. The summed E-state index contributed by atoms with van der Waals surface area (Å²) < 4.78 is 4.99. The third-order valence-electron chi connectivity index (χ3n) is 8.05. The molecule has 2 aliphatic carbocycles. The van der Waals surface area contributed by atoms with Crippen molar-refractivity contribution in [2.24, 2.45) is 34.5 Å². The van der Waals surface area contributed by atoms with Crippen molar-refractivity contribution in [3.63, 3.8) is 0 Å². The molecule has 3 rings (SSSR count). The second kappa shape index (κ2) is 6.82. The van der Waals surface area contributed by atoms with E-state index in [1.807, 2.05) is 6.92 Å². The molecule has 0 bridgehead atoms. The van der Waals surface area contributed by atoms with E-state index in [-0.39, 0.29) is 30.5 Å². The van der Waals surface area contributed by atoms with E-state index >= 15 is 0 Å². The zero-order valence-corrected chi connectivity index (χ0v) is 15.8. The first-order valence-corrected chi connectivity index (χ1v) is 9.87. The van der Waals surface area contributed by atoms with Crippen LogP contribution in [-0.4, -0.2) is 46.7 Å². The fraction of sp³-hybridized carbons (Fsp3) is 0.950. The predicted octanol–water partition coefficient (Wildman–Crippen LogP) is 2.12. The number of hydrogen-bond acceptors (Lipinski definition) is 5. The molecule has 3 N–H and O–H groups in total. The Balaban J connectivity index is 1.79. The van der Waals surface area contributed by atoms with E-state index in [1.54, 1.807) is 0 Å². The zero-order chi connectivity index (χ0) is 18.4. The lowest BCUT2D eigenvalue weighted by Crippen LogP contribution is -2.58. The van der Waals surface area contributed by atoms with Crippen LogP contribution in [0.4, 0.5) is 0 Å². The highest BCUT2D eigenvalue weighted by Crippen LogP contribution is 2.62. The minimum atomic E-state index is -0.675. The standard InChI is InChI=1S/C20H34O5/c1-12-4-7-16-19(2,9-8-17(23)20(16,3)11-21)14(12)6-5-13-15(22)10-25-18(13)24/h12-17,21-23H,4-11H2,1-3H3/t12?,13?,14-,15-,16+,17-,19+,20+/m1/s1. The molecule has 8 atom stereocenters. The van der Waals surface area contributed by atoms with Gasteiger partial charge in [-0.1, -0.05) is 27.2 Å². The maximum Gasteiger partial charge on any atom is 0.311 e. The molecule has 0 aromatic rings. The number of hydrogen-bond donors (Lipinski definition) is 3. The molecule has 0 amide bonds. The van der Waals surface area contributed by atoms with Crippen LogP contribution in [0.25, 0.3) is 0 Å². The molecule has 5 nitrogen and oxygen atoms in total. The van der Waals surface area contributed by atoms with Gasteiger partial charge in [0.1, 0.15) is 12.7 Å². The van der Waals surface area contributed by atoms with Gasteiger partial charge in [0.15, 0.2) is 0 Å². The molecule has 25 heavy (non-hydrogen) atoms. The molecular weight excluding hydrogens is 320 g/mol. The zero-order valence-electron chi connectivity index (χ0n) is 15.8. The van der Waals surface area contributed by atoms with Gasteiger partial charge in [0.2, 0.25) is 0 Å². The van der Waals surface area contributed by atoms with E-state index in [4.69, 9.17) is 4.74 Å². The van der Waals surface area contributed by atoms with Gasteiger partial charge in [0.05, 0.1) is 18.6 Å². The van der Waals surface area contributed by atoms with Gasteiger partial charge in [0, 0.05) is 5.41 Å². The van der Waals surface area contributed by atoms with Gasteiger partial charge in [-0.15, -0.1) is 0 Å². The van der Waals surface area contributed by atoms with Crippen molar-refractivity contribution in [3.8, 4) is 0 Å². The first-order chi connectivity index (χ1) is 11.7. The van der Waals surface area contributed by atoms with Crippen molar-refractivity contribution in [1.82, 2.24) is 0 Å². The third-order valence-corrected chi connectivity index (χ3v) is 8.05. The highest BCUT2D eigenvalue weighted by molar-refractivity contribution is 5.75. The molecule has 3 fully saturated rings. The van der Waals surface area contributed by atoms with Gasteiger partial charge in [-0.05, 0) is 55.3 Å². The fourth-order valence-corrected chi connectivity index (χ4v) is 6.37. The minimum absolute atomic E-state index is 0.0171. The highest BCUT2D eigenvalue weighted by atomic mass is 16.6. The number of cyclic esters (lactones) is 1. The van der Waals surface area contributed by atoms with Crippen LogP contribution in [-0.2, 0) is 9.53 Å². The van der Waals surface area contributed by atoms with Crippen LogP contribution >= 0.6 is 0 Å². The average molecular weight is 354 g/mol. The lowest BCUT2D eigenvalue weighted by Gasteiger charge is -2.61. The summed E-state index contributed by atoms with van der Waals surface area (Å²) in [5, 5.41) is 30.6. The summed E-state index contributed by atoms with van der Waals surface area (Å²) in [6.45, 7) is 6.78. The van der Waals surface area contributed by atoms with Crippen molar-refractivity contribution >= 4 is 5.97 Å². The van der Waals surface area contributed by atoms with Crippen LogP contribution in [0.1, 0.15) is 59.3 Å². The number of carbonyl (C=O) groups excluding carboxylic acids is 1. The molecule has 1 heterocycles. The van der Waals surface area contributed by atoms with Crippen LogP contribution in [0.3, 0.4) is 0 Å². The quantitative estimate of drug-likeness (QED) is 0.673. The van der Waals surface area contributed by atoms with Gasteiger partial charge < -0.3 is 20.1 Å². The fourth-order valence-electron chi connectivity index (χ4n) is 6.37. The normalized spacial score (nSPS) is 50.4. The highest BCUT2D eigenvalue weighted by Gasteiger charge is 2.58.